The molecule has 1 aromatic heterocycles. The Hall–Kier alpha value is -0.880. The molecule has 1 aromatic rings. The molecule has 2 heterocycles. The summed E-state index contributed by atoms with van der Waals surface area (Å²) in [4.78, 5) is 0.358. The molecule has 2 rings (SSSR count). The number of aryl methyl sites for hydroxylation is 2. The summed E-state index contributed by atoms with van der Waals surface area (Å²) in [7, 11) is -3.39. The molecule has 102 valence electrons. The van der Waals surface area contributed by atoms with Crippen LogP contribution in [0, 0.1) is 19.8 Å². The van der Waals surface area contributed by atoms with Gasteiger partial charge in [0.05, 0.1) is 11.4 Å². The van der Waals surface area contributed by atoms with E-state index in [4.69, 9.17) is 0 Å². The lowest BCUT2D eigenvalue weighted by molar-refractivity contribution is 0.416. The van der Waals surface area contributed by atoms with Crippen LogP contribution in [0.5, 0.6) is 0 Å². The third-order valence-corrected chi connectivity index (χ3v) is 5.80. The molecule has 6 heteroatoms. The summed E-state index contributed by atoms with van der Waals surface area (Å²) < 4.78 is 26.8. The number of nitrogens with zero attached hydrogens (tertiary/aromatic N) is 2. The average molecular weight is 271 g/mol. The second-order valence-electron chi connectivity index (χ2n) is 5.20. The van der Waals surface area contributed by atoms with Crippen molar-refractivity contribution in [3.05, 3.63) is 11.4 Å². The molecule has 0 aromatic carbocycles. The van der Waals surface area contributed by atoms with Crippen LogP contribution in [-0.2, 0) is 10.0 Å². The molecule has 1 aliphatic heterocycles. The third-order valence-electron chi connectivity index (χ3n) is 3.63. The lowest BCUT2D eigenvalue weighted by Gasteiger charge is -2.20. The number of hydrogen-bond acceptors (Lipinski definition) is 3. The molecule has 0 aliphatic carbocycles. The van der Waals surface area contributed by atoms with E-state index in [0.717, 1.165) is 19.3 Å². The molecule has 1 N–H and O–H groups in total. The number of rotatable bonds is 2. The maximum absolute atomic E-state index is 12.6. The third kappa shape index (κ3) is 2.44. The van der Waals surface area contributed by atoms with Crippen LogP contribution in [0.15, 0.2) is 4.90 Å². The molecule has 18 heavy (non-hydrogen) atoms. The van der Waals surface area contributed by atoms with E-state index in [9.17, 15) is 8.42 Å². The fourth-order valence-corrected chi connectivity index (χ4v) is 4.35. The Bertz CT molecular complexity index is 502. The van der Waals surface area contributed by atoms with Crippen molar-refractivity contribution in [1.82, 2.24) is 14.5 Å². The predicted octanol–water partition coefficient (Wildman–Crippen LogP) is 1.84. The van der Waals surface area contributed by atoms with Crippen molar-refractivity contribution in [2.24, 2.45) is 5.92 Å². The highest BCUT2D eigenvalue weighted by Gasteiger charge is 2.30. The molecular weight excluding hydrogens is 250 g/mol. The summed E-state index contributed by atoms with van der Waals surface area (Å²) >= 11 is 0. The van der Waals surface area contributed by atoms with E-state index in [0.29, 0.717) is 35.3 Å². The second-order valence-corrected chi connectivity index (χ2v) is 7.08. The van der Waals surface area contributed by atoms with Gasteiger partial charge in [0.25, 0.3) is 0 Å². The van der Waals surface area contributed by atoms with Gasteiger partial charge in [-0.2, -0.15) is 9.40 Å². The summed E-state index contributed by atoms with van der Waals surface area (Å²) in [5.74, 6) is 0.608. The van der Waals surface area contributed by atoms with Gasteiger partial charge in [0.15, 0.2) is 0 Å². The molecule has 1 unspecified atom stereocenters. The van der Waals surface area contributed by atoms with Gasteiger partial charge < -0.3 is 0 Å². The van der Waals surface area contributed by atoms with E-state index in [1.54, 1.807) is 18.2 Å². The maximum atomic E-state index is 12.6. The van der Waals surface area contributed by atoms with Crippen LogP contribution < -0.4 is 0 Å². The van der Waals surface area contributed by atoms with Crippen molar-refractivity contribution >= 4 is 10.0 Å². The first kappa shape index (κ1) is 13.5. The van der Waals surface area contributed by atoms with Crippen LogP contribution in [-0.4, -0.2) is 36.0 Å². The number of hydrogen-bond donors (Lipinski definition) is 1. The number of aromatic nitrogens is 2. The highest BCUT2D eigenvalue weighted by molar-refractivity contribution is 7.89. The number of nitrogens with one attached hydrogen (secondary N) is 1. The Morgan fingerprint density at radius 3 is 2.61 bits per heavy atom. The summed E-state index contributed by atoms with van der Waals surface area (Å²) in [6, 6.07) is 0. The zero-order valence-corrected chi connectivity index (χ0v) is 12.0. The van der Waals surface area contributed by atoms with E-state index in [1.807, 2.05) is 0 Å². The van der Waals surface area contributed by atoms with E-state index < -0.39 is 10.0 Å². The smallest absolute Gasteiger partial charge is 0.246 e. The first-order valence-electron chi connectivity index (χ1n) is 6.44. The number of sulfonamides is 1. The highest BCUT2D eigenvalue weighted by Crippen LogP contribution is 2.25. The minimum atomic E-state index is -3.39. The minimum absolute atomic E-state index is 0.358. The Kier molecular flexibility index (Phi) is 3.77. The zero-order valence-electron chi connectivity index (χ0n) is 11.2. The fourth-order valence-electron chi connectivity index (χ4n) is 2.53. The topological polar surface area (TPSA) is 66.1 Å². The Morgan fingerprint density at radius 2 is 2.00 bits per heavy atom. The lowest BCUT2D eigenvalue weighted by Crippen LogP contribution is -2.32. The van der Waals surface area contributed by atoms with Crippen molar-refractivity contribution in [1.29, 1.82) is 0 Å². The Morgan fingerprint density at radius 1 is 1.28 bits per heavy atom. The van der Waals surface area contributed by atoms with Crippen LogP contribution in [0.25, 0.3) is 0 Å². The predicted molar refractivity (Wildman–Crippen MR) is 69.8 cm³/mol. The van der Waals surface area contributed by atoms with Gasteiger partial charge in [-0.1, -0.05) is 6.92 Å². The fraction of sp³-hybridized carbons (Fsp3) is 0.750. The summed E-state index contributed by atoms with van der Waals surface area (Å²) in [6.45, 7) is 6.92. The monoisotopic (exact) mass is 271 g/mol. The van der Waals surface area contributed by atoms with Gasteiger partial charge >= 0.3 is 0 Å². The highest BCUT2D eigenvalue weighted by atomic mass is 32.2. The molecule has 0 spiro atoms. The molecule has 1 atom stereocenters. The maximum Gasteiger partial charge on any atom is 0.246 e. The van der Waals surface area contributed by atoms with Gasteiger partial charge in [-0.25, -0.2) is 8.42 Å². The second kappa shape index (κ2) is 5.01. The molecule has 1 aliphatic rings. The van der Waals surface area contributed by atoms with Gasteiger partial charge in [-0.15, -0.1) is 0 Å². The van der Waals surface area contributed by atoms with Gasteiger partial charge in [0.2, 0.25) is 10.0 Å². The van der Waals surface area contributed by atoms with Crippen LogP contribution in [0.4, 0.5) is 0 Å². The van der Waals surface area contributed by atoms with Crippen LogP contribution >= 0.6 is 0 Å². The minimum Gasteiger partial charge on any atom is -0.281 e. The Labute approximate surface area is 109 Å². The average Bonchev–Trinajstić information content (AvgIpc) is 2.51. The first-order valence-corrected chi connectivity index (χ1v) is 7.88. The number of aromatic amines is 1. The van der Waals surface area contributed by atoms with Crippen LogP contribution in [0.2, 0.25) is 0 Å². The van der Waals surface area contributed by atoms with E-state index >= 15 is 0 Å². The van der Waals surface area contributed by atoms with E-state index in [2.05, 4.69) is 17.1 Å². The lowest BCUT2D eigenvalue weighted by atomic mass is 10.0. The van der Waals surface area contributed by atoms with Crippen molar-refractivity contribution in [3.63, 3.8) is 0 Å². The van der Waals surface area contributed by atoms with Crippen LogP contribution in [0.1, 0.15) is 37.6 Å². The summed E-state index contributed by atoms with van der Waals surface area (Å²) in [5.41, 5.74) is 1.19. The normalized spacial score (nSPS) is 22.9. The molecule has 0 amide bonds. The van der Waals surface area contributed by atoms with Crippen molar-refractivity contribution < 1.29 is 8.42 Å². The molecule has 0 saturated carbocycles. The van der Waals surface area contributed by atoms with Gasteiger partial charge in [0.1, 0.15) is 4.90 Å². The van der Waals surface area contributed by atoms with Crippen molar-refractivity contribution in [2.45, 2.75) is 44.9 Å². The Balaban J connectivity index is 2.31. The van der Waals surface area contributed by atoms with Gasteiger partial charge in [-0.3, -0.25) is 5.10 Å². The quantitative estimate of drug-likeness (QED) is 0.892. The summed E-state index contributed by atoms with van der Waals surface area (Å²) in [6.07, 6.45) is 2.99. The van der Waals surface area contributed by atoms with Crippen molar-refractivity contribution in [3.8, 4) is 0 Å². The largest absolute Gasteiger partial charge is 0.281 e. The summed E-state index contributed by atoms with van der Waals surface area (Å²) in [5, 5.41) is 6.74. The molecule has 1 fully saturated rings. The van der Waals surface area contributed by atoms with E-state index in [1.165, 1.54) is 0 Å². The van der Waals surface area contributed by atoms with Gasteiger partial charge in [0, 0.05) is 13.1 Å². The first-order chi connectivity index (χ1) is 8.43. The molecule has 0 radical (unpaired) electrons. The molecular formula is C12H21N3O2S. The standard InChI is InChI=1S/C12H21N3O2S/c1-9-5-4-7-15(8-6-9)18(16,17)12-10(2)13-14-11(12)3/h9H,4-8H2,1-3H3,(H,13,14). The molecule has 0 bridgehead atoms. The van der Waals surface area contributed by atoms with Crippen molar-refractivity contribution in [2.75, 3.05) is 13.1 Å². The van der Waals surface area contributed by atoms with Gasteiger partial charge in [-0.05, 0) is 39.0 Å². The number of H-pyrrole nitrogens is 1. The molecule has 5 nitrogen and oxygen atoms in total. The van der Waals surface area contributed by atoms with Crippen LogP contribution in [0.3, 0.4) is 0 Å². The molecule has 1 saturated heterocycles. The SMILES string of the molecule is Cc1n[nH]c(C)c1S(=O)(=O)N1CCCC(C)CC1. The zero-order chi connectivity index (χ0) is 13.3. The van der Waals surface area contributed by atoms with E-state index in [-0.39, 0.29) is 0 Å².